The van der Waals surface area contributed by atoms with Crippen LogP contribution in [0.25, 0.3) is 0 Å². The molecule has 7 heteroatoms. The van der Waals surface area contributed by atoms with Crippen LogP contribution >= 0.6 is 0 Å². The Morgan fingerprint density at radius 1 is 1.07 bits per heavy atom. The molecular formula is C21H25N3O4. The van der Waals surface area contributed by atoms with E-state index in [1.165, 1.54) is 0 Å². The summed E-state index contributed by atoms with van der Waals surface area (Å²) in [6, 6.07) is 14.8. The summed E-state index contributed by atoms with van der Waals surface area (Å²) in [6.07, 6.45) is 2.81. The van der Waals surface area contributed by atoms with Crippen LogP contribution in [-0.4, -0.2) is 38.2 Å². The number of hydrogen-bond acceptors (Lipinski definition) is 4. The van der Waals surface area contributed by atoms with E-state index in [0.29, 0.717) is 36.2 Å². The Hall–Kier alpha value is -3.22. The summed E-state index contributed by atoms with van der Waals surface area (Å²) in [5.41, 5.74) is 1.74. The van der Waals surface area contributed by atoms with E-state index in [0.717, 1.165) is 18.4 Å². The van der Waals surface area contributed by atoms with Gasteiger partial charge in [0.15, 0.2) is 6.61 Å². The molecule has 28 heavy (non-hydrogen) atoms. The Morgan fingerprint density at radius 2 is 1.86 bits per heavy atom. The van der Waals surface area contributed by atoms with E-state index in [4.69, 9.17) is 9.47 Å². The first-order chi connectivity index (χ1) is 13.6. The number of rotatable bonds is 9. The highest BCUT2D eigenvalue weighted by atomic mass is 16.5. The van der Waals surface area contributed by atoms with E-state index in [1.54, 1.807) is 19.2 Å². The molecule has 0 atom stereocenters. The van der Waals surface area contributed by atoms with Crippen LogP contribution in [0.2, 0.25) is 0 Å². The van der Waals surface area contributed by atoms with Crippen LogP contribution < -0.4 is 25.4 Å². The number of carbonyl (C=O) groups is 2. The molecule has 2 aromatic carbocycles. The molecule has 1 saturated carbocycles. The number of carbonyl (C=O) groups excluding carboxylic acids is 2. The third-order valence-corrected chi connectivity index (χ3v) is 4.26. The van der Waals surface area contributed by atoms with Crippen molar-refractivity contribution in [1.82, 2.24) is 10.6 Å². The molecule has 0 saturated heterocycles. The van der Waals surface area contributed by atoms with E-state index >= 15 is 0 Å². The summed E-state index contributed by atoms with van der Waals surface area (Å²) in [7, 11) is 1.58. The standard InChI is InChI=1S/C21H25N3O4/c1-27-19-4-2-3-17(13-19)24-21(26)22-12-11-15-5-9-18(10-6-15)28-14-20(25)23-16-7-8-16/h2-6,9-10,13,16H,7-8,11-12,14H2,1H3,(H,23,25)(H2,22,24,26). The van der Waals surface area contributed by atoms with Crippen molar-refractivity contribution in [3.8, 4) is 11.5 Å². The third-order valence-electron chi connectivity index (χ3n) is 4.26. The summed E-state index contributed by atoms with van der Waals surface area (Å²) in [5.74, 6) is 1.25. The van der Waals surface area contributed by atoms with Crippen molar-refractivity contribution < 1.29 is 19.1 Å². The second-order valence-electron chi connectivity index (χ2n) is 6.64. The molecule has 148 valence electrons. The number of amides is 3. The molecule has 7 nitrogen and oxygen atoms in total. The molecule has 1 aliphatic rings. The van der Waals surface area contributed by atoms with Crippen LogP contribution in [0.1, 0.15) is 18.4 Å². The summed E-state index contributed by atoms with van der Waals surface area (Å²) in [6.45, 7) is 0.529. The number of ether oxygens (including phenoxy) is 2. The second kappa shape index (κ2) is 9.64. The molecule has 3 rings (SSSR count). The zero-order valence-electron chi connectivity index (χ0n) is 15.9. The molecular weight excluding hydrogens is 358 g/mol. The minimum Gasteiger partial charge on any atom is -0.497 e. The summed E-state index contributed by atoms with van der Waals surface area (Å²) in [4.78, 5) is 23.6. The fourth-order valence-corrected chi connectivity index (χ4v) is 2.59. The van der Waals surface area contributed by atoms with E-state index in [9.17, 15) is 9.59 Å². The van der Waals surface area contributed by atoms with Gasteiger partial charge in [-0.05, 0) is 49.1 Å². The maximum atomic E-state index is 12.0. The molecule has 1 fully saturated rings. The van der Waals surface area contributed by atoms with Crippen molar-refractivity contribution >= 4 is 17.6 Å². The van der Waals surface area contributed by atoms with Crippen LogP contribution in [0.4, 0.5) is 10.5 Å². The highest BCUT2D eigenvalue weighted by Gasteiger charge is 2.23. The molecule has 3 N–H and O–H groups in total. The molecule has 2 aromatic rings. The van der Waals surface area contributed by atoms with Gasteiger partial charge in [-0.25, -0.2) is 4.79 Å². The highest BCUT2D eigenvalue weighted by Crippen LogP contribution is 2.19. The summed E-state index contributed by atoms with van der Waals surface area (Å²) in [5, 5.41) is 8.47. The molecule has 0 spiro atoms. The lowest BCUT2D eigenvalue weighted by molar-refractivity contribution is -0.123. The van der Waals surface area contributed by atoms with Crippen LogP contribution in [0.5, 0.6) is 11.5 Å². The lowest BCUT2D eigenvalue weighted by atomic mass is 10.1. The third kappa shape index (κ3) is 6.50. The largest absolute Gasteiger partial charge is 0.497 e. The van der Waals surface area contributed by atoms with Crippen molar-refractivity contribution in [3.63, 3.8) is 0 Å². The van der Waals surface area contributed by atoms with Gasteiger partial charge in [0.05, 0.1) is 7.11 Å². The smallest absolute Gasteiger partial charge is 0.319 e. The van der Waals surface area contributed by atoms with Gasteiger partial charge < -0.3 is 25.4 Å². The van der Waals surface area contributed by atoms with Crippen LogP contribution in [-0.2, 0) is 11.2 Å². The second-order valence-corrected chi connectivity index (χ2v) is 6.64. The SMILES string of the molecule is COc1cccc(NC(=O)NCCc2ccc(OCC(=O)NC3CC3)cc2)c1. The van der Waals surface area contributed by atoms with Gasteiger partial charge in [0.25, 0.3) is 5.91 Å². The minimum absolute atomic E-state index is 0.0296. The molecule has 0 unspecified atom stereocenters. The number of hydrogen-bond donors (Lipinski definition) is 3. The normalized spacial score (nSPS) is 12.8. The first-order valence-corrected chi connectivity index (χ1v) is 9.32. The van der Waals surface area contributed by atoms with Gasteiger partial charge in [-0.2, -0.15) is 0 Å². The zero-order valence-corrected chi connectivity index (χ0v) is 15.9. The number of anilines is 1. The lowest BCUT2D eigenvalue weighted by Gasteiger charge is -2.10. The fourth-order valence-electron chi connectivity index (χ4n) is 2.59. The van der Waals surface area contributed by atoms with Crippen molar-refractivity contribution in [2.75, 3.05) is 25.6 Å². The maximum absolute atomic E-state index is 12.0. The summed E-state index contributed by atoms with van der Waals surface area (Å²) < 4.78 is 10.6. The van der Waals surface area contributed by atoms with Crippen LogP contribution in [0, 0.1) is 0 Å². The van der Waals surface area contributed by atoms with Gasteiger partial charge >= 0.3 is 6.03 Å². The Balaban J connectivity index is 1.35. The Kier molecular flexibility index (Phi) is 6.73. The molecule has 0 heterocycles. The number of methoxy groups -OCH3 is 1. The van der Waals surface area contributed by atoms with Crippen molar-refractivity contribution in [3.05, 3.63) is 54.1 Å². The van der Waals surface area contributed by atoms with Crippen LogP contribution in [0.3, 0.4) is 0 Å². The molecule has 0 aromatic heterocycles. The van der Waals surface area contributed by atoms with Gasteiger partial charge in [-0.3, -0.25) is 4.79 Å². The monoisotopic (exact) mass is 383 g/mol. The zero-order chi connectivity index (χ0) is 19.8. The van der Waals surface area contributed by atoms with Gasteiger partial charge in [0, 0.05) is 24.3 Å². The lowest BCUT2D eigenvalue weighted by Crippen LogP contribution is -2.30. The Morgan fingerprint density at radius 3 is 2.57 bits per heavy atom. The molecule has 0 aliphatic heterocycles. The predicted molar refractivity (Wildman–Crippen MR) is 107 cm³/mol. The Bertz CT molecular complexity index is 804. The van der Waals surface area contributed by atoms with Gasteiger partial charge in [0.1, 0.15) is 11.5 Å². The molecule has 0 bridgehead atoms. The average Bonchev–Trinajstić information content (AvgIpc) is 3.51. The van der Waals surface area contributed by atoms with E-state index < -0.39 is 0 Å². The van der Waals surface area contributed by atoms with Crippen LogP contribution in [0.15, 0.2) is 48.5 Å². The number of urea groups is 1. The highest BCUT2D eigenvalue weighted by molar-refractivity contribution is 5.89. The topological polar surface area (TPSA) is 88.7 Å². The van der Waals surface area contributed by atoms with Crippen molar-refractivity contribution in [1.29, 1.82) is 0 Å². The Labute approximate surface area is 164 Å². The van der Waals surface area contributed by atoms with Crippen molar-refractivity contribution in [2.24, 2.45) is 0 Å². The molecule has 0 radical (unpaired) electrons. The number of nitrogens with one attached hydrogen (secondary N) is 3. The van der Waals surface area contributed by atoms with E-state index in [-0.39, 0.29) is 18.5 Å². The quantitative estimate of drug-likeness (QED) is 0.621. The number of benzene rings is 2. The van der Waals surface area contributed by atoms with Gasteiger partial charge in [-0.1, -0.05) is 18.2 Å². The fraction of sp³-hybridized carbons (Fsp3) is 0.333. The van der Waals surface area contributed by atoms with Gasteiger partial charge in [-0.15, -0.1) is 0 Å². The average molecular weight is 383 g/mol. The van der Waals surface area contributed by atoms with E-state index in [1.807, 2.05) is 36.4 Å². The molecule has 1 aliphatic carbocycles. The van der Waals surface area contributed by atoms with Gasteiger partial charge in [0.2, 0.25) is 0 Å². The minimum atomic E-state index is -0.269. The first kappa shape index (κ1) is 19.5. The van der Waals surface area contributed by atoms with Crippen molar-refractivity contribution in [2.45, 2.75) is 25.3 Å². The van der Waals surface area contributed by atoms with E-state index in [2.05, 4.69) is 16.0 Å². The summed E-state index contributed by atoms with van der Waals surface area (Å²) >= 11 is 0. The molecule has 3 amide bonds. The first-order valence-electron chi connectivity index (χ1n) is 9.32. The predicted octanol–water partition coefficient (Wildman–Crippen LogP) is 2.72. The maximum Gasteiger partial charge on any atom is 0.319 e.